The van der Waals surface area contributed by atoms with E-state index in [0.717, 1.165) is 24.1 Å². The van der Waals surface area contributed by atoms with Crippen molar-refractivity contribution in [3.05, 3.63) is 47.5 Å². The molecule has 2 aromatic carbocycles. The molecule has 0 aliphatic heterocycles. The van der Waals surface area contributed by atoms with Gasteiger partial charge in [0.25, 0.3) is 0 Å². The minimum Gasteiger partial charge on any atom is -0.411 e. The van der Waals surface area contributed by atoms with Crippen molar-refractivity contribution in [3.8, 4) is 0 Å². The van der Waals surface area contributed by atoms with Crippen LogP contribution in [0, 0.1) is 0 Å². The summed E-state index contributed by atoms with van der Waals surface area (Å²) in [5, 5.41) is 14.8. The smallest absolute Gasteiger partial charge is 0.0877 e. The van der Waals surface area contributed by atoms with Crippen LogP contribution in [0.4, 0.5) is 0 Å². The summed E-state index contributed by atoms with van der Waals surface area (Å²) in [4.78, 5) is 0. The van der Waals surface area contributed by atoms with E-state index in [1.165, 1.54) is 16.3 Å². The van der Waals surface area contributed by atoms with Crippen LogP contribution in [0.2, 0.25) is 0 Å². The third-order valence-corrected chi connectivity index (χ3v) is 3.05. The summed E-state index contributed by atoms with van der Waals surface area (Å²) in [6, 6.07) is 12.5. The van der Waals surface area contributed by atoms with Crippen molar-refractivity contribution in [2.45, 2.75) is 12.8 Å². The molecule has 0 saturated carbocycles. The Morgan fingerprint density at radius 1 is 1.00 bits per heavy atom. The lowest BCUT2D eigenvalue weighted by Gasteiger charge is -2.17. The highest BCUT2D eigenvalue weighted by molar-refractivity contribution is 6.13. The first kappa shape index (κ1) is 8.48. The number of rotatable bonds is 0. The fourth-order valence-corrected chi connectivity index (χ4v) is 2.36. The van der Waals surface area contributed by atoms with E-state index in [9.17, 15) is 0 Å². The lowest BCUT2D eigenvalue weighted by atomic mass is 9.87. The molecule has 2 heteroatoms. The fraction of sp³-hybridized carbons (Fsp3) is 0.154. The maximum absolute atomic E-state index is 8.96. The lowest BCUT2D eigenvalue weighted by molar-refractivity contribution is 0.318. The van der Waals surface area contributed by atoms with Gasteiger partial charge in [0.1, 0.15) is 0 Å². The Balaban J connectivity index is 2.46. The standard InChI is InChI=1S/C13H11NO/c15-14-12-8-7-10-4-1-3-9-5-2-6-11(12)13(9)10/h1-6,15H,7-8H2. The van der Waals surface area contributed by atoms with Gasteiger partial charge >= 0.3 is 0 Å². The molecule has 0 aromatic heterocycles. The van der Waals surface area contributed by atoms with Crippen LogP contribution in [0.25, 0.3) is 10.8 Å². The van der Waals surface area contributed by atoms with Gasteiger partial charge < -0.3 is 5.21 Å². The van der Waals surface area contributed by atoms with Crippen molar-refractivity contribution in [2.24, 2.45) is 5.16 Å². The first-order valence-electron chi connectivity index (χ1n) is 5.12. The molecular formula is C13H11NO. The van der Waals surface area contributed by atoms with E-state index in [1.807, 2.05) is 12.1 Å². The SMILES string of the molecule is ON=C1CCc2cccc3cccc1c23. The van der Waals surface area contributed by atoms with Crippen LogP contribution in [0.15, 0.2) is 41.6 Å². The van der Waals surface area contributed by atoms with E-state index in [4.69, 9.17) is 5.21 Å². The molecule has 1 N–H and O–H groups in total. The minimum absolute atomic E-state index is 0.805. The zero-order valence-electron chi connectivity index (χ0n) is 8.27. The third-order valence-electron chi connectivity index (χ3n) is 3.05. The Labute approximate surface area is 87.8 Å². The number of oxime groups is 1. The average molecular weight is 197 g/mol. The van der Waals surface area contributed by atoms with Gasteiger partial charge in [0.15, 0.2) is 0 Å². The van der Waals surface area contributed by atoms with Crippen molar-refractivity contribution in [1.82, 2.24) is 0 Å². The largest absolute Gasteiger partial charge is 0.411 e. The number of hydrogen-bond donors (Lipinski definition) is 1. The Bertz CT molecular complexity index is 552. The second-order valence-electron chi connectivity index (χ2n) is 3.87. The second-order valence-corrected chi connectivity index (χ2v) is 3.87. The van der Waals surface area contributed by atoms with Crippen LogP contribution in [0.1, 0.15) is 17.5 Å². The highest BCUT2D eigenvalue weighted by Gasteiger charge is 2.17. The average Bonchev–Trinajstić information content (AvgIpc) is 2.30. The molecule has 1 aliphatic rings. The predicted molar refractivity (Wildman–Crippen MR) is 60.6 cm³/mol. The van der Waals surface area contributed by atoms with E-state index in [1.54, 1.807) is 0 Å². The summed E-state index contributed by atoms with van der Waals surface area (Å²) in [6.07, 6.45) is 1.79. The number of nitrogens with zero attached hydrogens (tertiary/aromatic N) is 1. The Morgan fingerprint density at radius 2 is 1.80 bits per heavy atom. The van der Waals surface area contributed by atoms with E-state index >= 15 is 0 Å². The van der Waals surface area contributed by atoms with Crippen molar-refractivity contribution in [2.75, 3.05) is 0 Å². The van der Waals surface area contributed by atoms with Gasteiger partial charge in [-0.1, -0.05) is 41.6 Å². The molecule has 2 nitrogen and oxygen atoms in total. The van der Waals surface area contributed by atoms with E-state index in [2.05, 4.69) is 29.4 Å². The van der Waals surface area contributed by atoms with Gasteiger partial charge in [-0.3, -0.25) is 0 Å². The van der Waals surface area contributed by atoms with Crippen LogP contribution in [0.3, 0.4) is 0 Å². The summed E-state index contributed by atoms with van der Waals surface area (Å²) in [5.41, 5.74) is 3.24. The van der Waals surface area contributed by atoms with Crippen LogP contribution in [0.5, 0.6) is 0 Å². The summed E-state index contributed by atoms with van der Waals surface area (Å²) >= 11 is 0. The maximum atomic E-state index is 8.96. The van der Waals surface area contributed by atoms with Crippen LogP contribution in [-0.2, 0) is 6.42 Å². The van der Waals surface area contributed by atoms with Gasteiger partial charge in [-0.2, -0.15) is 0 Å². The summed E-state index contributed by atoms with van der Waals surface area (Å²) in [5.74, 6) is 0. The van der Waals surface area contributed by atoms with Crippen molar-refractivity contribution >= 4 is 16.5 Å². The van der Waals surface area contributed by atoms with E-state index in [0.29, 0.717) is 0 Å². The highest BCUT2D eigenvalue weighted by Crippen LogP contribution is 2.29. The summed E-state index contributed by atoms with van der Waals surface area (Å²) in [7, 11) is 0. The molecule has 0 spiro atoms. The Kier molecular flexibility index (Phi) is 1.75. The second kappa shape index (κ2) is 3.09. The van der Waals surface area contributed by atoms with Crippen LogP contribution >= 0.6 is 0 Å². The molecule has 0 radical (unpaired) electrons. The van der Waals surface area contributed by atoms with Crippen molar-refractivity contribution in [1.29, 1.82) is 0 Å². The predicted octanol–water partition coefficient (Wildman–Crippen LogP) is 2.96. The van der Waals surface area contributed by atoms with E-state index in [-0.39, 0.29) is 0 Å². The Hall–Kier alpha value is -1.83. The quantitative estimate of drug-likeness (QED) is 0.511. The molecule has 0 unspecified atom stereocenters. The Morgan fingerprint density at radius 3 is 2.60 bits per heavy atom. The normalized spacial score (nSPS) is 17.2. The molecule has 0 saturated heterocycles. The molecule has 2 aromatic rings. The number of aryl methyl sites for hydroxylation is 1. The monoisotopic (exact) mass is 197 g/mol. The molecule has 3 rings (SSSR count). The summed E-state index contributed by atoms with van der Waals surface area (Å²) < 4.78 is 0. The molecule has 0 heterocycles. The number of benzene rings is 2. The highest BCUT2D eigenvalue weighted by atomic mass is 16.4. The molecule has 0 amide bonds. The molecule has 0 bridgehead atoms. The lowest BCUT2D eigenvalue weighted by Crippen LogP contribution is -2.10. The maximum Gasteiger partial charge on any atom is 0.0877 e. The van der Waals surface area contributed by atoms with Gasteiger partial charge in [-0.15, -0.1) is 0 Å². The van der Waals surface area contributed by atoms with Gasteiger partial charge in [-0.25, -0.2) is 0 Å². The minimum atomic E-state index is 0.805. The van der Waals surface area contributed by atoms with Gasteiger partial charge in [0.05, 0.1) is 5.71 Å². The molecule has 74 valence electrons. The van der Waals surface area contributed by atoms with Crippen LogP contribution < -0.4 is 0 Å². The van der Waals surface area contributed by atoms with Crippen molar-refractivity contribution in [3.63, 3.8) is 0 Å². The van der Waals surface area contributed by atoms with E-state index < -0.39 is 0 Å². The van der Waals surface area contributed by atoms with Crippen molar-refractivity contribution < 1.29 is 5.21 Å². The summed E-state index contributed by atoms with van der Waals surface area (Å²) in [6.45, 7) is 0. The molecule has 0 fully saturated rings. The van der Waals surface area contributed by atoms with Gasteiger partial charge in [0.2, 0.25) is 0 Å². The number of hydrogen-bond acceptors (Lipinski definition) is 2. The first-order valence-corrected chi connectivity index (χ1v) is 5.12. The third kappa shape index (κ3) is 1.14. The molecule has 15 heavy (non-hydrogen) atoms. The molecule has 0 atom stereocenters. The van der Waals surface area contributed by atoms with Gasteiger partial charge in [0, 0.05) is 5.56 Å². The molecular weight excluding hydrogens is 186 g/mol. The van der Waals surface area contributed by atoms with Crippen LogP contribution in [-0.4, -0.2) is 10.9 Å². The topological polar surface area (TPSA) is 32.6 Å². The fourth-order valence-electron chi connectivity index (χ4n) is 2.36. The first-order chi connectivity index (χ1) is 7.40. The zero-order chi connectivity index (χ0) is 10.3. The zero-order valence-corrected chi connectivity index (χ0v) is 8.27. The van der Waals surface area contributed by atoms with Gasteiger partial charge in [-0.05, 0) is 29.2 Å². The molecule has 1 aliphatic carbocycles.